The molecule has 4 aliphatic carbocycles. The first-order valence-corrected chi connectivity index (χ1v) is 26.3. The highest BCUT2D eigenvalue weighted by Gasteiger charge is 2.78. The van der Waals surface area contributed by atoms with Crippen LogP contribution in [-0.2, 0) is 52.3 Å². The van der Waals surface area contributed by atoms with Crippen molar-refractivity contribution in [3.8, 4) is 11.1 Å². The van der Waals surface area contributed by atoms with E-state index < -0.39 is 131 Å². The average molecular weight is 1090 g/mol. The second-order valence-corrected chi connectivity index (χ2v) is 22.7. The molecule has 0 spiro atoms. The maximum absolute atomic E-state index is 15.3. The predicted octanol–water partition coefficient (Wildman–Crippen LogP) is 6.35. The molecule has 418 valence electrons. The lowest BCUT2D eigenvalue weighted by Crippen LogP contribution is -2.81. The van der Waals surface area contributed by atoms with E-state index in [1.54, 1.807) is 69.3 Å². The van der Waals surface area contributed by atoms with Crippen LogP contribution in [0.4, 0.5) is 9.59 Å². The van der Waals surface area contributed by atoms with Crippen LogP contribution >= 0.6 is 0 Å². The van der Waals surface area contributed by atoms with Crippen molar-refractivity contribution in [2.45, 2.75) is 134 Å². The maximum atomic E-state index is 15.3. The Morgan fingerprint density at radius 3 is 1.99 bits per heavy atom. The van der Waals surface area contributed by atoms with E-state index in [0.717, 1.165) is 29.2 Å². The number of fused-ring (bicyclic) bond motifs is 8. The molecule has 3 fully saturated rings. The van der Waals surface area contributed by atoms with Crippen LogP contribution in [-0.4, -0.2) is 130 Å². The first kappa shape index (κ1) is 56.3. The summed E-state index contributed by atoms with van der Waals surface area (Å²) in [4.78, 5) is 99.2. The normalized spacial score (nSPS) is 28.2. The third-order valence-electron chi connectivity index (χ3n) is 16.5. The van der Waals surface area contributed by atoms with Crippen molar-refractivity contribution in [1.29, 1.82) is 0 Å². The molecule has 5 aliphatic rings. The number of alkyl carbamates (subject to hydrolysis) is 2. The molecule has 1 unspecified atom stereocenters. The van der Waals surface area contributed by atoms with E-state index in [-0.39, 0.29) is 47.8 Å². The van der Waals surface area contributed by atoms with Gasteiger partial charge < -0.3 is 59.1 Å². The molecule has 1 aliphatic heterocycles. The van der Waals surface area contributed by atoms with Gasteiger partial charge in [-0.05, 0) is 85.7 Å². The Labute approximate surface area is 456 Å². The van der Waals surface area contributed by atoms with Crippen LogP contribution in [0.25, 0.3) is 11.1 Å². The number of ether oxygens (including phenoxy) is 7. The lowest BCUT2D eigenvalue weighted by molar-refractivity contribution is -0.346. The number of Topliss-reactive ketones (excluding diaryl/α,β-unsaturated/α-hetero) is 1. The van der Waals surface area contributed by atoms with Crippen molar-refractivity contribution in [2.75, 3.05) is 19.8 Å². The second kappa shape index (κ2) is 21.3. The quantitative estimate of drug-likeness (QED) is 0.0555. The molecule has 79 heavy (non-hydrogen) atoms. The fourth-order valence-corrected chi connectivity index (χ4v) is 12.6. The topological polar surface area (TPSA) is 269 Å². The zero-order valence-electron chi connectivity index (χ0n) is 45.2. The number of esters is 4. The molecule has 2 amide bonds. The smallest absolute Gasteiger partial charge is 0.408 e. The van der Waals surface area contributed by atoms with Gasteiger partial charge in [-0.2, -0.15) is 0 Å². The maximum Gasteiger partial charge on any atom is 0.408 e. The monoisotopic (exact) mass is 1090 g/mol. The number of nitrogens with one attached hydrogen (secondary N) is 2. The van der Waals surface area contributed by atoms with Crippen LogP contribution in [0.3, 0.4) is 0 Å². The molecule has 4 aromatic carbocycles. The summed E-state index contributed by atoms with van der Waals surface area (Å²) >= 11 is 0. The summed E-state index contributed by atoms with van der Waals surface area (Å²) in [5, 5.41) is 43.5. The molecular weight excluding hydrogens is 1020 g/mol. The number of carbonyl (C=O) groups is 7. The highest BCUT2D eigenvalue weighted by molar-refractivity contribution is 5.94. The van der Waals surface area contributed by atoms with Crippen molar-refractivity contribution in [3.05, 3.63) is 143 Å². The molecule has 2 saturated carbocycles. The molecule has 2 bridgehead atoms. The lowest BCUT2D eigenvalue weighted by Gasteiger charge is -2.67. The van der Waals surface area contributed by atoms with Gasteiger partial charge in [-0.1, -0.05) is 111 Å². The summed E-state index contributed by atoms with van der Waals surface area (Å²) in [6, 6.07) is 29.7. The minimum Gasteiger partial charge on any atom is -0.455 e. The predicted molar refractivity (Wildman–Crippen MR) is 281 cm³/mol. The van der Waals surface area contributed by atoms with Crippen LogP contribution in [0.2, 0.25) is 0 Å². The third-order valence-corrected chi connectivity index (χ3v) is 16.5. The molecule has 0 aromatic heterocycles. The summed E-state index contributed by atoms with van der Waals surface area (Å²) in [6.45, 7) is 10.6. The number of rotatable bonds is 13. The molecule has 4 aromatic rings. The van der Waals surface area contributed by atoms with Gasteiger partial charge in [-0.25, -0.2) is 19.2 Å². The second-order valence-electron chi connectivity index (χ2n) is 22.7. The molecular formula is C60H66N2O17. The number of hydrogen-bond acceptors (Lipinski definition) is 17. The average Bonchev–Trinajstić information content (AvgIpc) is 2.06. The zero-order valence-corrected chi connectivity index (χ0v) is 45.2. The summed E-state index contributed by atoms with van der Waals surface area (Å²) in [7, 11) is 0. The van der Waals surface area contributed by atoms with Gasteiger partial charge in [0.1, 0.15) is 54.8 Å². The van der Waals surface area contributed by atoms with Crippen molar-refractivity contribution in [3.63, 3.8) is 0 Å². The number of aliphatic hydroxyl groups is 3. The number of hydrogen-bond donors (Lipinski definition) is 5. The van der Waals surface area contributed by atoms with E-state index >= 15 is 9.59 Å². The van der Waals surface area contributed by atoms with Crippen LogP contribution in [0.5, 0.6) is 0 Å². The van der Waals surface area contributed by atoms with E-state index in [0.29, 0.717) is 0 Å². The molecule has 11 atom stereocenters. The van der Waals surface area contributed by atoms with Gasteiger partial charge in [0.15, 0.2) is 11.4 Å². The van der Waals surface area contributed by atoms with Crippen molar-refractivity contribution >= 4 is 41.8 Å². The van der Waals surface area contributed by atoms with Crippen molar-refractivity contribution in [1.82, 2.24) is 10.6 Å². The van der Waals surface area contributed by atoms with E-state index in [9.17, 15) is 39.3 Å². The SMILES string of the molecule is CC(=O)O[C@@]12CO[C@@H]1C[C@H](O)[C@@]1(C)C(=O)[C@H](O)C3=C(C)[C@@H](OC(=O)[C@H](OC(=O)CNC(=O)OCC4c5ccccc5-c5ccccc54)[C@@H](NC(=O)OC(C)(C)C)c4ccccc4)C[C@@](O)([C@@H](OC(=O)c4ccccc4)C12)C3(C)C. The summed E-state index contributed by atoms with van der Waals surface area (Å²) in [6.07, 6.45) is -13.3. The Morgan fingerprint density at radius 1 is 0.810 bits per heavy atom. The van der Waals surface area contributed by atoms with E-state index in [4.69, 9.17) is 33.2 Å². The highest BCUT2D eigenvalue weighted by Crippen LogP contribution is 2.64. The number of aliphatic hydroxyl groups excluding tert-OH is 2. The molecule has 1 saturated heterocycles. The van der Waals surface area contributed by atoms with Crippen molar-refractivity contribution < 1.29 is 82.0 Å². The minimum absolute atomic E-state index is 0.0336. The van der Waals surface area contributed by atoms with Gasteiger partial charge in [-0.3, -0.25) is 14.4 Å². The number of carbonyl (C=O) groups excluding carboxylic acids is 7. The third kappa shape index (κ3) is 10.2. The zero-order chi connectivity index (χ0) is 57.0. The van der Waals surface area contributed by atoms with Gasteiger partial charge in [0, 0.05) is 31.1 Å². The molecule has 19 heteroatoms. The summed E-state index contributed by atoms with van der Waals surface area (Å²) in [5.74, 6) is -7.16. The Hall–Kier alpha value is -7.45. The van der Waals surface area contributed by atoms with Crippen molar-refractivity contribution in [2.24, 2.45) is 16.7 Å². The summed E-state index contributed by atoms with van der Waals surface area (Å²) in [5.41, 5.74) is -5.07. The van der Waals surface area contributed by atoms with Gasteiger partial charge in [0.25, 0.3) is 0 Å². The minimum atomic E-state index is -2.48. The lowest BCUT2D eigenvalue weighted by atomic mass is 9.44. The Bertz CT molecular complexity index is 3040. The number of ketones is 1. The first-order chi connectivity index (χ1) is 37.3. The van der Waals surface area contributed by atoms with Gasteiger partial charge in [-0.15, -0.1) is 0 Å². The molecule has 5 N–H and O–H groups in total. The highest BCUT2D eigenvalue weighted by atomic mass is 16.6. The molecule has 0 radical (unpaired) electrons. The Morgan fingerprint density at radius 2 is 1.41 bits per heavy atom. The van der Waals surface area contributed by atoms with Gasteiger partial charge in [0.2, 0.25) is 6.10 Å². The molecule has 1 heterocycles. The van der Waals surface area contributed by atoms with E-state index in [2.05, 4.69) is 10.6 Å². The van der Waals surface area contributed by atoms with Crippen LogP contribution in [0.15, 0.2) is 120 Å². The first-order valence-electron chi connectivity index (χ1n) is 26.3. The fraction of sp³-hybridized carbons (Fsp3) is 0.450. The fourth-order valence-electron chi connectivity index (χ4n) is 12.6. The van der Waals surface area contributed by atoms with Gasteiger partial charge in [0.05, 0.1) is 29.6 Å². The van der Waals surface area contributed by atoms with E-state index in [1.165, 1.54) is 39.8 Å². The van der Waals surface area contributed by atoms with Crippen LogP contribution in [0, 0.1) is 16.7 Å². The molecule has 19 nitrogen and oxygen atoms in total. The van der Waals surface area contributed by atoms with Gasteiger partial charge >= 0.3 is 36.1 Å². The van der Waals surface area contributed by atoms with E-state index in [1.807, 2.05) is 48.5 Å². The van der Waals surface area contributed by atoms with Crippen LogP contribution < -0.4 is 10.6 Å². The Balaban J connectivity index is 1.07. The largest absolute Gasteiger partial charge is 0.455 e. The summed E-state index contributed by atoms with van der Waals surface area (Å²) < 4.78 is 41.9. The number of benzene rings is 4. The van der Waals surface area contributed by atoms with Crippen LogP contribution in [0.1, 0.15) is 107 Å². The standard InChI is InChI=1S/C60H66N2O17/c1-32-41(28-60(72)51(77-52(68)35-21-13-10-14-22-35)49-58(8,50(67)47(66)45(32)57(60,6)7)42(64)27-43-59(49,31-74-43)78-33(2)63)75-53(69)48(46(34-19-11-9-12-20-34)62-55(71)79-56(3,4)5)76-44(65)29-61-54(70)73-30-40-38-25-17-15-23-36(38)37-24-16-18-26-39(37)40/h9-26,40-43,46-49,51,64,66,72H,27-31H2,1-8H3,(H,61,70)(H,62,71)/t41-,42-,43+,46-,47+,48+,49?,51-,58+,59-,60+/m0/s1. The molecule has 9 rings (SSSR count). The Kier molecular flexibility index (Phi) is 15.2. The number of amides is 2.